The summed E-state index contributed by atoms with van der Waals surface area (Å²) in [5.41, 5.74) is 2.36. The van der Waals surface area contributed by atoms with E-state index in [0.29, 0.717) is 12.6 Å². The molecule has 1 aliphatic heterocycles. The highest BCUT2D eigenvalue weighted by atomic mass is 127. The summed E-state index contributed by atoms with van der Waals surface area (Å²) in [6, 6.07) is 16.9. The molecule has 2 aromatic rings. The first-order valence-electron chi connectivity index (χ1n) is 10.8. The Morgan fingerprint density at radius 1 is 1.00 bits per heavy atom. The van der Waals surface area contributed by atoms with Crippen LogP contribution in [0.4, 0.5) is 5.69 Å². The van der Waals surface area contributed by atoms with Crippen LogP contribution in [-0.4, -0.2) is 70.9 Å². The molecule has 2 aromatic carbocycles. The van der Waals surface area contributed by atoms with Gasteiger partial charge in [0.2, 0.25) is 0 Å². The summed E-state index contributed by atoms with van der Waals surface area (Å²) in [4.78, 5) is 9.35. The van der Waals surface area contributed by atoms with Gasteiger partial charge in [0.15, 0.2) is 5.96 Å². The van der Waals surface area contributed by atoms with E-state index in [1.165, 1.54) is 5.69 Å². The number of ether oxygens (including phenoxy) is 2. The van der Waals surface area contributed by atoms with Crippen LogP contribution in [0.1, 0.15) is 12.5 Å². The van der Waals surface area contributed by atoms with Crippen LogP contribution in [0.15, 0.2) is 53.5 Å². The monoisotopic (exact) mass is 553 g/mol. The number of para-hydroxylation sites is 1. The molecule has 1 atom stereocenters. The third-order valence-corrected chi connectivity index (χ3v) is 5.79. The Morgan fingerprint density at radius 2 is 1.72 bits per heavy atom. The highest BCUT2D eigenvalue weighted by Gasteiger charge is 2.21. The van der Waals surface area contributed by atoms with Crippen LogP contribution in [0.2, 0.25) is 0 Å². The van der Waals surface area contributed by atoms with Crippen LogP contribution in [0, 0.1) is 0 Å². The first kappa shape index (κ1) is 26.1. The van der Waals surface area contributed by atoms with Crippen LogP contribution in [0.3, 0.4) is 0 Å². The number of nitrogens with one attached hydrogen (secondary N) is 2. The van der Waals surface area contributed by atoms with Gasteiger partial charge in [-0.2, -0.15) is 0 Å². The second-order valence-electron chi connectivity index (χ2n) is 7.69. The zero-order chi connectivity index (χ0) is 22.1. The molecule has 1 aliphatic rings. The van der Waals surface area contributed by atoms with Gasteiger partial charge < -0.3 is 25.0 Å². The molecule has 3 rings (SSSR count). The van der Waals surface area contributed by atoms with Crippen LogP contribution < -0.4 is 25.0 Å². The molecule has 1 saturated heterocycles. The number of hydrogen-bond donors (Lipinski definition) is 2. The Balaban J connectivity index is 0.00000363. The maximum Gasteiger partial charge on any atom is 0.191 e. The molecular weight excluding hydrogens is 517 g/mol. The molecule has 1 fully saturated rings. The molecule has 0 amide bonds. The van der Waals surface area contributed by atoms with Crippen molar-refractivity contribution in [2.24, 2.45) is 4.99 Å². The van der Waals surface area contributed by atoms with Gasteiger partial charge in [-0.25, -0.2) is 0 Å². The third kappa shape index (κ3) is 7.16. The molecule has 7 nitrogen and oxygen atoms in total. The zero-order valence-corrected chi connectivity index (χ0v) is 21.8. The Labute approximate surface area is 209 Å². The van der Waals surface area contributed by atoms with Crippen LogP contribution >= 0.6 is 24.0 Å². The van der Waals surface area contributed by atoms with E-state index in [-0.39, 0.29) is 24.0 Å². The fourth-order valence-electron chi connectivity index (χ4n) is 3.83. The Hall–Kier alpha value is -2.20. The van der Waals surface area contributed by atoms with Gasteiger partial charge in [0.25, 0.3) is 0 Å². The second kappa shape index (κ2) is 13.4. The van der Waals surface area contributed by atoms with Crippen molar-refractivity contribution in [2.75, 3.05) is 58.9 Å². The number of guanidine groups is 1. The van der Waals surface area contributed by atoms with Crippen molar-refractivity contribution in [3.63, 3.8) is 0 Å². The van der Waals surface area contributed by atoms with E-state index in [1.807, 2.05) is 18.2 Å². The SMILES string of the molecule is CN=C(NCc1ccc(OC)cc1OC)NCC(C)N1CCN(c2ccccc2)CC1.I. The average Bonchev–Trinajstić information content (AvgIpc) is 2.84. The zero-order valence-electron chi connectivity index (χ0n) is 19.5. The molecule has 0 radical (unpaired) electrons. The predicted octanol–water partition coefficient (Wildman–Crippen LogP) is 3.20. The number of hydrogen-bond acceptors (Lipinski definition) is 5. The van der Waals surface area contributed by atoms with Crippen molar-refractivity contribution in [2.45, 2.75) is 19.5 Å². The van der Waals surface area contributed by atoms with E-state index in [0.717, 1.165) is 55.7 Å². The summed E-state index contributed by atoms with van der Waals surface area (Å²) in [6.45, 7) is 7.96. The maximum atomic E-state index is 5.48. The molecule has 8 heteroatoms. The van der Waals surface area contributed by atoms with Crippen molar-refractivity contribution in [1.82, 2.24) is 15.5 Å². The molecular formula is C24H36IN5O2. The summed E-state index contributed by atoms with van der Waals surface area (Å²) in [5.74, 6) is 2.36. The summed E-state index contributed by atoms with van der Waals surface area (Å²) >= 11 is 0. The topological polar surface area (TPSA) is 61.4 Å². The minimum absolute atomic E-state index is 0. The van der Waals surface area contributed by atoms with Gasteiger partial charge in [-0.1, -0.05) is 18.2 Å². The highest BCUT2D eigenvalue weighted by molar-refractivity contribution is 14.0. The number of methoxy groups -OCH3 is 2. The van der Waals surface area contributed by atoms with E-state index in [2.05, 4.69) is 62.7 Å². The molecule has 2 N–H and O–H groups in total. The van der Waals surface area contributed by atoms with Gasteiger partial charge in [0.05, 0.1) is 14.2 Å². The van der Waals surface area contributed by atoms with Crippen molar-refractivity contribution in [3.05, 3.63) is 54.1 Å². The van der Waals surface area contributed by atoms with Crippen LogP contribution in [0.5, 0.6) is 11.5 Å². The predicted molar refractivity (Wildman–Crippen MR) is 143 cm³/mol. The van der Waals surface area contributed by atoms with E-state index in [1.54, 1.807) is 21.3 Å². The minimum atomic E-state index is 0. The normalized spacial score (nSPS) is 15.5. The van der Waals surface area contributed by atoms with Crippen LogP contribution in [0.25, 0.3) is 0 Å². The lowest BCUT2D eigenvalue weighted by molar-refractivity contribution is 0.197. The molecule has 0 bridgehead atoms. The third-order valence-electron chi connectivity index (χ3n) is 5.79. The smallest absolute Gasteiger partial charge is 0.191 e. The second-order valence-corrected chi connectivity index (χ2v) is 7.69. The van der Waals surface area contributed by atoms with Crippen molar-refractivity contribution < 1.29 is 9.47 Å². The van der Waals surface area contributed by atoms with E-state index >= 15 is 0 Å². The first-order chi connectivity index (χ1) is 15.1. The number of benzene rings is 2. The van der Waals surface area contributed by atoms with Gasteiger partial charge in [-0.05, 0) is 31.2 Å². The van der Waals surface area contributed by atoms with Gasteiger partial charge in [-0.15, -0.1) is 24.0 Å². The quantitative estimate of drug-likeness (QED) is 0.298. The van der Waals surface area contributed by atoms with E-state index < -0.39 is 0 Å². The maximum absolute atomic E-state index is 5.48. The lowest BCUT2D eigenvalue weighted by atomic mass is 10.2. The number of halogens is 1. The average molecular weight is 553 g/mol. The molecule has 1 unspecified atom stereocenters. The van der Waals surface area contributed by atoms with E-state index in [9.17, 15) is 0 Å². The molecule has 1 heterocycles. The van der Waals surface area contributed by atoms with Gasteiger partial charge in [0.1, 0.15) is 11.5 Å². The van der Waals surface area contributed by atoms with Gasteiger partial charge in [-0.3, -0.25) is 9.89 Å². The van der Waals surface area contributed by atoms with Crippen molar-refractivity contribution in [3.8, 4) is 11.5 Å². The number of nitrogens with zero attached hydrogens (tertiary/aromatic N) is 3. The first-order valence-corrected chi connectivity index (χ1v) is 10.8. The lowest BCUT2D eigenvalue weighted by Gasteiger charge is -2.39. The lowest BCUT2D eigenvalue weighted by Crippen LogP contribution is -2.53. The summed E-state index contributed by atoms with van der Waals surface area (Å²) in [7, 11) is 5.12. The number of piperazine rings is 1. The summed E-state index contributed by atoms with van der Waals surface area (Å²) in [6.07, 6.45) is 0. The van der Waals surface area contributed by atoms with Crippen LogP contribution in [-0.2, 0) is 6.54 Å². The molecule has 176 valence electrons. The number of aliphatic imine (C=N–C) groups is 1. The molecule has 0 aliphatic carbocycles. The Kier molecular flexibility index (Phi) is 10.9. The fraction of sp³-hybridized carbons (Fsp3) is 0.458. The van der Waals surface area contributed by atoms with Gasteiger partial charge in [0, 0.05) is 69.7 Å². The largest absolute Gasteiger partial charge is 0.497 e. The number of rotatable bonds is 8. The van der Waals surface area contributed by atoms with Crippen molar-refractivity contribution >= 4 is 35.6 Å². The number of anilines is 1. The molecule has 0 aromatic heterocycles. The highest BCUT2D eigenvalue weighted by Crippen LogP contribution is 2.24. The molecule has 0 saturated carbocycles. The summed E-state index contributed by atoms with van der Waals surface area (Å²) in [5, 5.41) is 6.83. The van der Waals surface area contributed by atoms with Gasteiger partial charge >= 0.3 is 0 Å². The molecule has 32 heavy (non-hydrogen) atoms. The standard InChI is InChI=1S/C24H35N5O2.HI/c1-19(28-12-14-29(15-13-28)21-8-6-5-7-9-21)17-26-24(25-2)27-18-20-10-11-22(30-3)16-23(20)31-4;/h5-11,16,19H,12-15,17-18H2,1-4H3,(H2,25,26,27);1H. The Bertz CT molecular complexity index is 842. The van der Waals surface area contributed by atoms with E-state index in [4.69, 9.17) is 9.47 Å². The van der Waals surface area contributed by atoms with Crippen molar-refractivity contribution in [1.29, 1.82) is 0 Å². The Morgan fingerprint density at radius 3 is 2.34 bits per heavy atom. The summed E-state index contributed by atoms with van der Waals surface area (Å²) < 4.78 is 10.7. The minimum Gasteiger partial charge on any atom is -0.497 e. The molecule has 0 spiro atoms. The fourth-order valence-corrected chi connectivity index (χ4v) is 3.83.